The van der Waals surface area contributed by atoms with E-state index in [1.54, 1.807) is 0 Å². The normalized spacial score (nSPS) is 18.0. The van der Waals surface area contributed by atoms with Crippen LogP contribution in [0.25, 0.3) is 0 Å². The van der Waals surface area contributed by atoms with E-state index in [1.807, 2.05) is 6.20 Å². The Morgan fingerprint density at radius 2 is 2.40 bits per heavy atom. The zero-order valence-corrected chi connectivity index (χ0v) is 9.74. The fourth-order valence-electron chi connectivity index (χ4n) is 2.03. The van der Waals surface area contributed by atoms with Gasteiger partial charge in [0.1, 0.15) is 5.82 Å². The Bertz CT molecular complexity index is 302. The van der Waals surface area contributed by atoms with Crippen LogP contribution in [0.2, 0.25) is 0 Å². The molecule has 1 atom stereocenters. The SMILES string of the molecule is CCc1nccn1CCNC(C)C1CC1. The molecule has 1 aliphatic rings. The maximum Gasteiger partial charge on any atom is 0.108 e. The quantitative estimate of drug-likeness (QED) is 0.771. The summed E-state index contributed by atoms with van der Waals surface area (Å²) in [7, 11) is 0. The number of nitrogens with one attached hydrogen (secondary N) is 1. The van der Waals surface area contributed by atoms with Gasteiger partial charge in [-0.25, -0.2) is 4.98 Å². The fraction of sp³-hybridized carbons (Fsp3) is 0.750. The lowest BCUT2D eigenvalue weighted by Gasteiger charge is -2.13. The van der Waals surface area contributed by atoms with Crippen molar-refractivity contribution in [3.63, 3.8) is 0 Å². The average molecular weight is 207 g/mol. The summed E-state index contributed by atoms with van der Waals surface area (Å²) in [5.41, 5.74) is 0. The highest BCUT2D eigenvalue weighted by Gasteiger charge is 2.27. The topological polar surface area (TPSA) is 29.9 Å². The molecule has 1 unspecified atom stereocenters. The van der Waals surface area contributed by atoms with Gasteiger partial charge in [-0.15, -0.1) is 0 Å². The van der Waals surface area contributed by atoms with Crippen LogP contribution >= 0.6 is 0 Å². The maximum atomic E-state index is 4.32. The minimum Gasteiger partial charge on any atom is -0.334 e. The van der Waals surface area contributed by atoms with Crippen LogP contribution in [0.15, 0.2) is 12.4 Å². The highest BCUT2D eigenvalue weighted by molar-refractivity contribution is 4.92. The van der Waals surface area contributed by atoms with Crippen molar-refractivity contribution in [3.8, 4) is 0 Å². The molecule has 1 aliphatic carbocycles. The van der Waals surface area contributed by atoms with Crippen molar-refractivity contribution in [1.82, 2.24) is 14.9 Å². The van der Waals surface area contributed by atoms with Gasteiger partial charge in [0.2, 0.25) is 0 Å². The van der Waals surface area contributed by atoms with E-state index in [0.29, 0.717) is 6.04 Å². The zero-order valence-electron chi connectivity index (χ0n) is 9.74. The Morgan fingerprint density at radius 3 is 3.07 bits per heavy atom. The third-order valence-corrected chi connectivity index (χ3v) is 3.27. The van der Waals surface area contributed by atoms with Gasteiger partial charge in [-0.05, 0) is 25.7 Å². The monoisotopic (exact) mass is 207 g/mol. The minimum atomic E-state index is 0.693. The van der Waals surface area contributed by atoms with Gasteiger partial charge in [-0.2, -0.15) is 0 Å². The summed E-state index contributed by atoms with van der Waals surface area (Å²) in [6.07, 6.45) is 7.82. The molecule has 1 aromatic rings. The summed E-state index contributed by atoms with van der Waals surface area (Å²) in [5.74, 6) is 2.13. The molecule has 0 amide bonds. The van der Waals surface area contributed by atoms with Gasteiger partial charge in [0.15, 0.2) is 0 Å². The molecular formula is C12H21N3. The molecule has 0 aliphatic heterocycles. The van der Waals surface area contributed by atoms with Crippen LogP contribution in [0.3, 0.4) is 0 Å². The summed E-state index contributed by atoms with van der Waals surface area (Å²) < 4.78 is 2.24. The molecule has 1 fully saturated rings. The van der Waals surface area contributed by atoms with Crippen molar-refractivity contribution < 1.29 is 0 Å². The summed E-state index contributed by atoms with van der Waals surface area (Å²) in [4.78, 5) is 4.32. The van der Waals surface area contributed by atoms with Crippen molar-refractivity contribution in [2.24, 2.45) is 5.92 Å². The zero-order chi connectivity index (χ0) is 10.7. The summed E-state index contributed by atoms with van der Waals surface area (Å²) >= 11 is 0. The molecule has 84 valence electrons. The summed E-state index contributed by atoms with van der Waals surface area (Å²) in [5, 5.41) is 3.59. The van der Waals surface area contributed by atoms with Gasteiger partial charge in [0, 0.05) is 37.9 Å². The lowest BCUT2D eigenvalue weighted by atomic mass is 10.2. The molecule has 0 saturated heterocycles. The maximum absolute atomic E-state index is 4.32. The highest BCUT2D eigenvalue weighted by atomic mass is 15.1. The molecule has 1 N–H and O–H groups in total. The van der Waals surface area contributed by atoms with Crippen molar-refractivity contribution in [2.45, 2.75) is 45.7 Å². The number of nitrogens with zero attached hydrogens (tertiary/aromatic N) is 2. The van der Waals surface area contributed by atoms with E-state index < -0.39 is 0 Å². The Kier molecular flexibility index (Phi) is 3.41. The second kappa shape index (κ2) is 4.79. The van der Waals surface area contributed by atoms with Crippen LogP contribution in [0.4, 0.5) is 0 Å². The van der Waals surface area contributed by atoms with E-state index in [1.165, 1.54) is 18.7 Å². The highest BCUT2D eigenvalue weighted by Crippen LogP contribution is 2.32. The predicted molar refractivity (Wildman–Crippen MR) is 61.8 cm³/mol. The van der Waals surface area contributed by atoms with Crippen LogP contribution in [-0.4, -0.2) is 22.1 Å². The molecule has 1 heterocycles. The number of rotatable bonds is 6. The van der Waals surface area contributed by atoms with Crippen molar-refractivity contribution in [2.75, 3.05) is 6.54 Å². The Balaban J connectivity index is 1.72. The summed E-state index contributed by atoms with van der Waals surface area (Å²) in [6.45, 7) is 6.55. The van der Waals surface area contributed by atoms with Gasteiger partial charge >= 0.3 is 0 Å². The van der Waals surface area contributed by atoms with Gasteiger partial charge in [0.25, 0.3) is 0 Å². The standard InChI is InChI=1S/C12H21N3/c1-3-12-14-7-9-15(12)8-6-13-10(2)11-4-5-11/h7,9-11,13H,3-6,8H2,1-2H3. The van der Waals surface area contributed by atoms with Crippen LogP contribution in [-0.2, 0) is 13.0 Å². The summed E-state index contributed by atoms with van der Waals surface area (Å²) in [6, 6.07) is 0.693. The van der Waals surface area contributed by atoms with E-state index in [9.17, 15) is 0 Å². The number of aromatic nitrogens is 2. The molecule has 3 nitrogen and oxygen atoms in total. The Labute approximate surface area is 91.9 Å². The van der Waals surface area contributed by atoms with Crippen LogP contribution in [0, 0.1) is 5.92 Å². The van der Waals surface area contributed by atoms with E-state index in [-0.39, 0.29) is 0 Å². The first-order valence-electron chi connectivity index (χ1n) is 6.04. The number of imidazole rings is 1. The molecular weight excluding hydrogens is 186 g/mol. The second-order valence-corrected chi connectivity index (χ2v) is 4.47. The molecule has 1 saturated carbocycles. The van der Waals surface area contributed by atoms with Gasteiger partial charge in [0.05, 0.1) is 0 Å². The molecule has 0 aromatic carbocycles. The molecule has 2 rings (SSSR count). The Hall–Kier alpha value is -0.830. The van der Waals surface area contributed by atoms with Gasteiger partial charge in [-0.1, -0.05) is 6.92 Å². The van der Waals surface area contributed by atoms with E-state index in [4.69, 9.17) is 0 Å². The lowest BCUT2D eigenvalue weighted by Crippen LogP contribution is -2.31. The first-order valence-corrected chi connectivity index (χ1v) is 6.04. The molecule has 3 heteroatoms. The molecule has 0 spiro atoms. The minimum absolute atomic E-state index is 0.693. The third kappa shape index (κ3) is 2.81. The van der Waals surface area contributed by atoms with Gasteiger partial charge in [-0.3, -0.25) is 0 Å². The molecule has 0 bridgehead atoms. The van der Waals surface area contributed by atoms with Crippen LogP contribution in [0.5, 0.6) is 0 Å². The van der Waals surface area contributed by atoms with Crippen LogP contribution in [0.1, 0.15) is 32.5 Å². The van der Waals surface area contributed by atoms with Crippen molar-refractivity contribution in [1.29, 1.82) is 0 Å². The predicted octanol–water partition coefficient (Wildman–Crippen LogP) is 1.83. The number of aryl methyl sites for hydroxylation is 1. The Morgan fingerprint density at radius 1 is 1.60 bits per heavy atom. The molecule has 15 heavy (non-hydrogen) atoms. The van der Waals surface area contributed by atoms with E-state index in [0.717, 1.165) is 25.4 Å². The van der Waals surface area contributed by atoms with Crippen molar-refractivity contribution in [3.05, 3.63) is 18.2 Å². The molecule has 0 radical (unpaired) electrons. The second-order valence-electron chi connectivity index (χ2n) is 4.47. The van der Waals surface area contributed by atoms with Crippen molar-refractivity contribution >= 4 is 0 Å². The smallest absolute Gasteiger partial charge is 0.108 e. The first-order chi connectivity index (χ1) is 7.31. The average Bonchev–Trinajstić information content (AvgIpc) is 2.99. The van der Waals surface area contributed by atoms with E-state index >= 15 is 0 Å². The van der Waals surface area contributed by atoms with E-state index in [2.05, 4.69) is 34.9 Å². The number of hydrogen-bond donors (Lipinski definition) is 1. The largest absolute Gasteiger partial charge is 0.334 e. The first kappa shape index (κ1) is 10.7. The van der Waals surface area contributed by atoms with Gasteiger partial charge < -0.3 is 9.88 Å². The number of hydrogen-bond acceptors (Lipinski definition) is 2. The fourth-order valence-corrected chi connectivity index (χ4v) is 2.03. The molecule has 1 aromatic heterocycles. The third-order valence-electron chi connectivity index (χ3n) is 3.27. The lowest BCUT2D eigenvalue weighted by molar-refractivity contribution is 0.471. The van der Waals surface area contributed by atoms with Crippen LogP contribution < -0.4 is 5.32 Å².